The van der Waals surface area contributed by atoms with Crippen molar-refractivity contribution in [3.63, 3.8) is 0 Å². The molecule has 0 aliphatic rings. The average molecular weight is 471 g/mol. The van der Waals surface area contributed by atoms with E-state index in [1.165, 1.54) is 23.9 Å². The van der Waals surface area contributed by atoms with Crippen LogP contribution < -0.4 is 5.32 Å². The standard InChI is InChI=1S/C19H18Cl3N5OS/c1-3-6-27-17(8-12-5-4-7-26(12)2)24-25-19(27)29-11-18(28)23-16-10-14(21)13(20)9-15(16)22/h3-5,7,9-10H,1,6,8,11H2,2H3,(H,23,28). The number of hydrogen-bond acceptors (Lipinski definition) is 4. The summed E-state index contributed by atoms with van der Waals surface area (Å²) < 4.78 is 3.98. The number of aromatic nitrogens is 4. The Balaban J connectivity index is 1.68. The van der Waals surface area contributed by atoms with Gasteiger partial charge in [0.1, 0.15) is 5.82 Å². The first-order chi connectivity index (χ1) is 13.9. The highest BCUT2D eigenvalue weighted by Crippen LogP contribution is 2.32. The van der Waals surface area contributed by atoms with Crippen molar-refractivity contribution >= 4 is 58.2 Å². The molecule has 0 atom stereocenters. The van der Waals surface area contributed by atoms with Crippen molar-refractivity contribution in [2.24, 2.45) is 7.05 Å². The molecule has 29 heavy (non-hydrogen) atoms. The number of hydrogen-bond donors (Lipinski definition) is 1. The molecular weight excluding hydrogens is 453 g/mol. The van der Waals surface area contributed by atoms with E-state index in [-0.39, 0.29) is 11.7 Å². The first kappa shape index (κ1) is 21.8. The van der Waals surface area contributed by atoms with Crippen LogP contribution in [0.1, 0.15) is 11.5 Å². The lowest BCUT2D eigenvalue weighted by Gasteiger charge is -2.10. The van der Waals surface area contributed by atoms with Gasteiger partial charge in [0.05, 0.1) is 26.5 Å². The van der Waals surface area contributed by atoms with Gasteiger partial charge in [-0.05, 0) is 24.3 Å². The minimum atomic E-state index is -0.243. The van der Waals surface area contributed by atoms with Gasteiger partial charge in [-0.2, -0.15) is 0 Å². The molecule has 10 heteroatoms. The third-order valence-corrected chi connectivity index (χ3v) is 6.11. The maximum atomic E-state index is 12.4. The molecule has 0 bridgehead atoms. The number of anilines is 1. The minimum Gasteiger partial charge on any atom is -0.354 e. The smallest absolute Gasteiger partial charge is 0.234 e. The summed E-state index contributed by atoms with van der Waals surface area (Å²) in [5, 5.41) is 12.9. The number of nitrogens with zero attached hydrogens (tertiary/aromatic N) is 4. The SMILES string of the molecule is C=CCn1c(Cc2cccn2C)nnc1SCC(=O)Nc1cc(Cl)c(Cl)cc1Cl. The summed E-state index contributed by atoms with van der Waals surface area (Å²) in [7, 11) is 1.98. The van der Waals surface area contributed by atoms with Gasteiger partial charge in [0.2, 0.25) is 5.91 Å². The Morgan fingerprint density at radius 1 is 1.24 bits per heavy atom. The Morgan fingerprint density at radius 3 is 2.69 bits per heavy atom. The van der Waals surface area contributed by atoms with Crippen LogP contribution in [0.5, 0.6) is 0 Å². The van der Waals surface area contributed by atoms with Crippen LogP contribution in [0.15, 0.2) is 48.3 Å². The monoisotopic (exact) mass is 469 g/mol. The van der Waals surface area contributed by atoms with Gasteiger partial charge >= 0.3 is 0 Å². The van der Waals surface area contributed by atoms with Crippen LogP contribution in [0, 0.1) is 0 Å². The van der Waals surface area contributed by atoms with Crippen LogP contribution in [0.4, 0.5) is 5.69 Å². The number of amides is 1. The zero-order chi connectivity index (χ0) is 21.0. The average Bonchev–Trinajstić information content (AvgIpc) is 3.25. The van der Waals surface area contributed by atoms with Crippen LogP contribution in [0.25, 0.3) is 0 Å². The fraction of sp³-hybridized carbons (Fsp3) is 0.211. The second kappa shape index (κ2) is 9.71. The van der Waals surface area contributed by atoms with Crippen LogP contribution in [0.3, 0.4) is 0 Å². The van der Waals surface area contributed by atoms with Crippen molar-refractivity contribution in [3.05, 3.63) is 69.7 Å². The van der Waals surface area contributed by atoms with E-state index in [4.69, 9.17) is 34.8 Å². The van der Waals surface area contributed by atoms with E-state index in [1.54, 1.807) is 6.08 Å². The van der Waals surface area contributed by atoms with E-state index in [2.05, 4.69) is 22.1 Å². The second-order valence-electron chi connectivity index (χ2n) is 6.17. The van der Waals surface area contributed by atoms with Crippen LogP contribution in [-0.2, 0) is 24.8 Å². The Morgan fingerprint density at radius 2 is 2.00 bits per heavy atom. The van der Waals surface area contributed by atoms with Gasteiger partial charge in [-0.3, -0.25) is 4.79 Å². The maximum Gasteiger partial charge on any atom is 0.234 e. The van der Waals surface area contributed by atoms with Crippen molar-refractivity contribution in [2.45, 2.75) is 18.1 Å². The number of nitrogens with one attached hydrogen (secondary N) is 1. The molecule has 1 amide bonds. The molecule has 0 radical (unpaired) electrons. The lowest BCUT2D eigenvalue weighted by molar-refractivity contribution is -0.113. The number of halogens is 3. The summed E-state index contributed by atoms with van der Waals surface area (Å²) in [5.41, 5.74) is 1.52. The molecule has 0 spiro atoms. The summed E-state index contributed by atoms with van der Waals surface area (Å²) in [6.07, 6.45) is 4.39. The fourth-order valence-electron chi connectivity index (χ4n) is 2.65. The molecule has 0 aliphatic carbocycles. The van der Waals surface area contributed by atoms with Gasteiger partial charge in [-0.25, -0.2) is 0 Å². The van der Waals surface area contributed by atoms with Crippen LogP contribution >= 0.6 is 46.6 Å². The molecule has 0 unspecified atom stereocenters. The third kappa shape index (κ3) is 5.36. The lowest BCUT2D eigenvalue weighted by Crippen LogP contribution is -2.15. The Bertz CT molecular complexity index is 1050. The molecular formula is C19H18Cl3N5OS. The highest BCUT2D eigenvalue weighted by molar-refractivity contribution is 7.99. The van der Waals surface area contributed by atoms with Gasteiger partial charge < -0.3 is 14.5 Å². The van der Waals surface area contributed by atoms with Crippen molar-refractivity contribution < 1.29 is 4.79 Å². The fourth-order valence-corrected chi connectivity index (χ4v) is 4.01. The Labute approximate surface area is 187 Å². The van der Waals surface area contributed by atoms with Crippen molar-refractivity contribution in [1.29, 1.82) is 0 Å². The largest absolute Gasteiger partial charge is 0.354 e. The van der Waals surface area contributed by atoms with Crippen molar-refractivity contribution in [2.75, 3.05) is 11.1 Å². The number of benzene rings is 1. The van der Waals surface area contributed by atoms with Crippen LogP contribution in [0.2, 0.25) is 15.1 Å². The normalized spacial score (nSPS) is 10.9. The molecule has 0 saturated heterocycles. The van der Waals surface area contributed by atoms with E-state index in [1.807, 2.05) is 34.5 Å². The molecule has 0 fully saturated rings. The van der Waals surface area contributed by atoms with E-state index < -0.39 is 0 Å². The molecule has 3 aromatic rings. The van der Waals surface area contributed by atoms with E-state index in [0.717, 1.165) is 11.5 Å². The number of carbonyl (C=O) groups is 1. The molecule has 2 aromatic heterocycles. The summed E-state index contributed by atoms with van der Waals surface area (Å²) >= 11 is 19.3. The highest BCUT2D eigenvalue weighted by atomic mass is 35.5. The molecule has 1 aromatic carbocycles. The summed E-state index contributed by atoms with van der Waals surface area (Å²) in [4.78, 5) is 12.4. The topological polar surface area (TPSA) is 64.7 Å². The Hall–Kier alpha value is -1.93. The molecule has 1 N–H and O–H groups in total. The van der Waals surface area contributed by atoms with E-state index >= 15 is 0 Å². The first-order valence-corrected chi connectivity index (χ1v) is 10.7. The van der Waals surface area contributed by atoms with Gasteiger partial charge in [0, 0.05) is 31.9 Å². The predicted molar refractivity (Wildman–Crippen MR) is 119 cm³/mol. The van der Waals surface area contributed by atoms with E-state index in [0.29, 0.717) is 38.9 Å². The zero-order valence-corrected chi connectivity index (χ0v) is 18.6. The number of rotatable bonds is 8. The molecule has 152 valence electrons. The second-order valence-corrected chi connectivity index (χ2v) is 8.33. The quantitative estimate of drug-likeness (QED) is 0.283. The van der Waals surface area contributed by atoms with Gasteiger partial charge in [0.15, 0.2) is 5.16 Å². The molecule has 6 nitrogen and oxygen atoms in total. The summed E-state index contributed by atoms with van der Waals surface area (Å²) in [5.74, 6) is 0.699. The van der Waals surface area contributed by atoms with E-state index in [9.17, 15) is 4.79 Å². The Kier molecular flexibility index (Phi) is 7.29. The first-order valence-electron chi connectivity index (χ1n) is 8.59. The molecule has 0 aliphatic heterocycles. The van der Waals surface area contributed by atoms with Gasteiger partial charge in [-0.1, -0.05) is 52.6 Å². The van der Waals surface area contributed by atoms with Gasteiger partial charge in [-0.15, -0.1) is 16.8 Å². The number of carbonyl (C=O) groups excluding carboxylic acids is 1. The van der Waals surface area contributed by atoms with Crippen molar-refractivity contribution in [3.8, 4) is 0 Å². The zero-order valence-electron chi connectivity index (χ0n) is 15.5. The number of allylic oxidation sites excluding steroid dienone is 1. The minimum absolute atomic E-state index is 0.135. The summed E-state index contributed by atoms with van der Waals surface area (Å²) in [6, 6.07) is 7.03. The number of thioether (sulfide) groups is 1. The van der Waals surface area contributed by atoms with Gasteiger partial charge in [0.25, 0.3) is 0 Å². The summed E-state index contributed by atoms with van der Waals surface area (Å²) in [6.45, 7) is 4.35. The molecule has 0 saturated carbocycles. The number of aryl methyl sites for hydroxylation is 1. The van der Waals surface area contributed by atoms with Crippen LogP contribution in [-0.4, -0.2) is 31.0 Å². The highest BCUT2D eigenvalue weighted by Gasteiger charge is 2.16. The third-order valence-electron chi connectivity index (χ3n) is 4.11. The lowest BCUT2D eigenvalue weighted by atomic mass is 10.3. The maximum absolute atomic E-state index is 12.4. The predicted octanol–water partition coefficient (Wildman–Crippen LogP) is 5.08. The van der Waals surface area contributed by atoms with Crippen molar-refractivity contribution in [1.82, 2.24) is 19.3 Å². The molecule has 3 rings (SSSR count). The molecule has 2 heterocycles.